The molecule has 100 valence electrons. The fraction of sp³-hybridized carbons (Fsp3) is 0.417. The van der Waals surface area contributed by atoms with E-state index in [1.807, 2.05) is 0 Å². The van der Waals surface area contributed by atoms with Crippen LogP contribution in [0.5, 0.6) is 0 Å². The Hall–Kier alpha value is -2.11. The summed E-state index contributed by atoms with van der Waals surface area (Å²) in [7, 11) is 1.24. The van der Waals surface area contributed by atoms with Crippen molar-refractivity contribution < 1.29 is 28.6 Å². The van der Waals surface area contributed by atoms with E-state index >= 15 is 0 Å². The third kappa shape index (κ3) is 9.14. The van der Waals surface area contributed by atoms with Gasteiger partial charge in [0.15, 0.2) is 0 Å². The van der Waals surface area contributed by atoms with Crippen LogP contribution in [0.25, 0.3) is 0 Å². The van der Waals surface area contributed by atoms with Crippen molar-refractivity contribution in [2.75, 3.05) is 13.7 Å². The Morgan fingerprint density at radius 1 is 1.11 bits per heavy atom. The molecule has 18 heavy (non-hydrogen) atoms. The molecule has 0 saturated heterocycles. The van der Waals surface area contributed by atoms with Gasteiger partial charge in [0.25, 0.3) is 0 Å². The van der Waals surface area contributed by atoms with Crippen LogP contribution < -0.4 is 0 Å². The van der Waals surface area contributed by atoms with E-state index in [2.05, 4.69) is 9.47 Å². The summed E-state index contributed by atoms with van der Waals surface area (Å²) >= 11 is 0. The summed E-state index contributed by atoms with van der Waals surface area (Å²) < 4.78 is 14.0. The molecule has 0 aliphatic rings. The normalized spacial score (nSPS) is 12.4. The molecule has 0 aliphatic heterocycles. The van der Waals surface area contributed by atoms with Gasteiger partial charge in [0.1, 0.15) is 12.7 Å². The van der Waals surface area contributed by atoms with Crippen LogP contribution in [0.4, 0.5) is 0 Å². The highest BCUT2D eigenvalue weighted by Crippen LogP contribution is 1.99. The van der Waals surface area contributed by atoms with Crippen LogP contribution in [0.2, 0.25) is 0 Å². The number of ether oxygens (including phenoxy) is 3. The molecule has 0 aromatic heterocycles. The molecule has 0 fully saturated rings. The predicted octanol–water partition coefficient (Wildman–Crippen LogP) is 0.767. The SMILES string of the molecule is COC(=O)/C=C/C(/C=C/COC(C)=O)OC(C)=O. The smallest absolute Gasteiger partial charge is 0.330 e. The van der Waals surface area contributed by atoms with Gasteiger partial charge in [0.05, 0.1) is 7.11 Å². The molecular weight excluding hydrogens is 240 g/mol. The van der Waals surface area contributed by atoms with Gasteiger partial charge in [0.2, 0.25) is 0 Å². The minimum absolute atomic E-state index is 0.0686. The monoisotopic (exact) mass is 256 g/mol. The van der Waals surface area contributed by atoms with Gasteiger partial charge in [-0.05, 0) is 18.2 Å². The van der Waals surface area contributed by atoms with Crippen molar-refractivity contribution in [3.63, 3.8) is 0 Å². The van der Waals surface area contributed by atoms with Crippen LogP contribution in [0.15, 0.2) is 24.3 Å². The molecule has 0 amide bonds. The molecule has 6 heteroatoms. The second-order valence-corrected chi connectivity index (χ2v) is 3.19. The van der Waals surface area contributed by atoms with E-state index in [1.54, 1.807) is 0 Å². The molecule has 0 N–H and O–H groups in total. The van der Waals surface area contributed by atoms with E-state index in [0.717, 1.165) is 6.08 Å². The standard InChI is InChI=1S/C12H16O6/c1-9(13)17-8-4-5-11(18-10(2)14)6-7-12(15)16-3/h4-7,11H,8H2,1-3H3/b5-4+,7-6+. The maximum atomic E-state index is 10.9. The Morgan fingerprint density at radius 3 is 2.28 bits per heavy atom. The van der Waals surface area contributed by atoms with Crippen molar-refractivity contribution in [3.8, 4) is 0 Å². The van der Waals surface area contributed by atoms with Crippen LogP contribution in [-0.4, -0.2) is 37.7 Å². The van der Waals surface area contributed by atoms with Crippen LogP contribution in [0.3, 0.4) is 0 Å². The van der Waals surface area contributed by atoms with Gasteiger partial charge >= 0.3 is 17.9 Å². The minimum atomic E-state index is -0.711. The summed E-state index contributed by atoms with van der Waals surface area (Å²) in [5, 5.41) is 0. The molecule has 6 nitrogen and oxygen atoms in total. The lowest BCUT2D eigenvalue weighted by molar-refractivity contribution is -0.143. The van der Waals surface area contributed by atoms with E-state index in [0.29, 0.717) is 0 Å². The lowest BCUT2D eigenvalue weighted by atomic mass is 10.3. The molecule has 0 aromatic rings. The van der Waals surface area contributed by atoms with Crippen molar-refractivity contribution >= 4 is 17.9 Å². The number of hydrogen-bond acceptors (Lipinski definition) is 6. The number of methoxy groups -OCH3 is 1. The van der Waals surface area contributed by atoms with Crippen molar-refractivity contribution in [2.45, 2.75) is 20.0 Å². The lowest BCUT2D eigenvalue weighted by Crippen LogP contribution is -2.12. The highest BCUT2D eigenvalue weighted by atomic mass is 16.5. The van der Waals surface area contributed by atoms with E-state index in [9.17, 15) is 14.4 Å². The van der Waals surface area contributed by atoms with Gasteiger partial charge in [-0.2, -0.15) is 0 Å². The van der Waals surface area contributed by atoms with Crippen LogP contribution in [0.1, 0.15) is 13.8 Å². The number of carbonyl (C=O) groups excluding carboxylic acids is 3. The third-order valence-electron chi connectivity index (χ3n) is 1.63. The Kier molecular flexibility index (Phi) is 7.92. The fourth-order valence-corrected chi connectivity index (χ4v) is 0.931. The topological polar surface area (TPSA) is 78.9 Å². The molecule has 0 radical (unpaired) electrons. The number of rotatable bonds is 6. The maximum absolute atomic E-state index is 10.9. The molecule has 0 aliphatic carbocycles. The predicted molar refractivity (Wildman–Crippen MR) is 62.5 cm³/mol. The Bertz CT molecular complexity index is 356. The van der Waals surface area contributed by atoms with Crippen molar-refractivity contribution in [1.82, 2.24) is 0 Å². The summed E-state index contributed by atoms with van der Waals surface area (Å²) in [5.74, 6) is -1.46. The first-order valence-corrected chi connectivity index (χ1v) is 5.19. The molecule has 0 spiro atoms. The summed E-state index contributed by atoms with van der Waals surface area (Å²) in [6.45, 7) is 2.60. The summed E-state index contributed by atoms with van der Waals surface area (Å²) in [5.41, 5.74) is 0. The van der Waals surface area contributed by atoms with Crippen LogP contribution in [0, 0.1) is 0 Å². The third-order valence-corrected chi connectivity index (χ3v) is 1.63. The number of hydrogen-bond donors (Lipinski definition) is 0. The fourth-order valence-electron chi connectivity index (χ4n) is 0.931. The Labute approximate surface area is 105 Å². The van der Waals surface area contributed by atoms with Crippen molar-refractivity contribution in [2.24, 2.45) is 0 Å². The van der Waals surface area contributed by atoms with E-state index in [4.69, 9.17) is 4.74 Å². The zero-order chi connectivity index (χ0) is 14.0. The zero-order valence-electron chi connectivity index (χ0n) is 10.5. The lowest BCUT2D eigenvalue weighted by Gasteiger charge is -2.07. The van der Waals surface area contributed by atoms with Gasteiger partial charge in [-0.25, -0.2) is 4.79 Å². The first-order valence-electron chi connectivity index (χ1n) is 5.19. The largest absolute Gasteiger partial charge is 0.466 e. The molecule has 0 bridgehead atoms. The van der Waals surface area contributed by atoms with Gasteiger partial charge in [-0.3, -0.25) is 9.59 Å². The van der Waals surface area contributed by atoms with Gasteiger partial charge in [-0.15, -0.1) is 0 Å². The molecule has 1 atom stereocenters. The van der Waals surface area contributed by atoms with Gasteiger partial charge < -0.3 is 14.2 Å². The second-order valence-electron chi connectivity index (χ2n) is 3.19. The zero-order valence-corrected chi connectivity index (χ0v) is 10.5. The summed E-state index contributed by atoms with van der Waals surface area (Å²) in [6.07, 6.45) is 4.79. The Morgan fingerprint density at radius 2 is 1.78 bits per heavy atom. The van der Waals surface area contributed by atoms with Gasteiger partial charge in [0, 0.05) is 19.9 Å². The average Bonchev–Trinajstić information content (AvgIpc) is 2.29. The molecular formula is C12H16O6. The van der Waals surface area contributed by atoms with Crippen molar-refractivity contribution in [1.29, 1.82) is 0 Å². The molecule has 0 saturated carbocycles. The van der Waals surface area contributed by atoms with Crippen LogP contribution >= 0.6 is 0 Å². The summed E-state index contributed by atoms with van der Waals surface area (Å²) in [4.78, 5) is 32.2. The first kappa shape index (κ1) is 15.9. The highest BCUT2D eigenvalue weighted by Gasteiger charge is 2.04. The van der Waals surface area contributed by atoms with Crippen molar-refractivity contribution in [3.05, 3.63) is 24.3 Å². The van der Waals surface area contributed by atoms with Crippen LogP contribution in [-0.2, 0) is 28.6 Å². The Balaban J connectivity index is 4.39. The molecule has 0 heterocycles. The average molecular weight is 256 g/mol. The van der Waals surface area contributed by atoms with E-state index in [1.165, 1.54) is 39.2 Å². The van der Waals surface area contributed by atoms with E-state index in [-0.39, 0.29) is 6.61 Å². The number of carbonyl (C=O) groups is 3. The van der Waals surface area contributed by atoms with Gasteiger partial charge in [-0.1, -0.05) is 0 Å². The second kappa shape index (κ2) is 8.98. The summed E-state index contributed by atoms with van der Waals surface area (Å²) in [6, 6.07) is 0. The highest BCUT2D eigenvalue weighted by molar-refractivity contribution is 5.82. The molecule has 0 aromatic carbocycles. The maximum Gasteiger partial charge on any atom is 0.330 e. The quantitative estimate of drug-likeness (QED) is 0.302. The molecule has 0 rings (SSSR count). The van der Waals surface area contributed by atoms with E-state index < -0.39 is 24.0 Å². The number of esters is 3. The molecule has 1 unspecified atom stereocenters. The first-order chi connectivity index (χ1) is 8.45. The minimum Gasteiger partial charge on any atom is -0.466 e.